The molecule has 0 aliphatic carbocycles. The van der Waals surface area contributed by atoms with Crippen molar-refractivity contribution in [3.05, 3.63) is 0 Å². The maximum atomic E-state index is 5.79. The van der Waals surface area contributed by atoms with Gasteiger partial charge in [-0.1, -0.05) is 0 Å². The Balaban J connectivity index is 2.10. The molecule has 0 bridgehead atoms. The number of unbranched alkanes of at least 4 members (excludes halogenated alkanes) is 1. The number of rotatable bonds is 5. The first-order valence-electron chi connectivity index (χ1n) is 5.69. The zero-order valence-electron chi connectivity index (χ0n) is 9.37. The average molecular weight is 201 g/mol. The Hall–Kier alpha value is -0.120. The molecule has 0 aromatic carbocycles. The molecule has 14 heavy (non-hydrogen) atoms. The summed E-state index contributed by atoms with van der Waals surface area (Å²) in [4.78, 5) is 0. The molecule has 2 unspecified atom stereocenters. The summed E-state index contributed by atoms with van der Waals surface area (Å²) in [6, 6.07) is 0. The molecule has 0 amide bonds. The molecule has 1 heterocycles. The summed E-state index contributed by atoms with van der Waals surface area (Å²) in [6.07, 6.45) is 5.30. The number of hydrogen-bond donors (Lipinski definition) is 1. The molecule has 2 N–H and O–H groups in total. The Morgan fingerprint density at radius 1 is 1.21 bits per heavy atom. The lowest BCUT2D eigenvalue weighted by Gasteiger charge is -2.32. The van der Waals surface area contributed by atoms with E-state index in [4.69, 9.17) is 15.2 Å². The summed E-state index contributed by atoms with van der Waals surface area (Å²) in [5, 5.41) is 0. The first-order valence-corrected chi connectivity index (χ1v) is 5.69. The molecular formula is C11H23NO2. The summed E-state index contributed by atoms with van der Waals surface area (Å²) < 4.78 is 11.4. The van der Waals surface area contributed by atoms with Gasteiger partial charge >= 0.3 is 0 Å². The largest absolute Gasteiger partial charge is 0.378 e. The zero-order valence-corrected chi connectivity index (χ0v) is 9.37. The first kappa shape index (κ1) is 12.0. The fraction of sp³-hybridized carbons (Fsp3) is 1.00. The molecule has 1 fully saturated rings. The van der Waals surface area contributed by atoms with Crippen molar-refractivity contribution in [1.29, 1.82) is 0 Å². The number of ether oxygens (including phenoxy) is 2. The van der Waals surface area contributed by atoms with E-state index in [1.807, 2.05) is 0 Å². The van der Waals surface area contributed by atoms with Crippen molar-refractivity contribution in [2.75, 3.05) is 13.2 Å². The van der Waals surface area contributed by atoms with Gasteiger partial charge in [-0.25, -0.2) is 0 Å². The van der Waals surface area contributed by atoms with Crippen molar-refractivity contribution in [2.24, 2.45) is 5.73 Å². The molecule has 1 saturated heterocycles. The van der Waals surface area contributed by atoms with Gasteiger partial charge in [0.1, 0.15) is 0 Å². The molecule has 0 radical (unpaired) electrons. The van der Waals surface area contributed by atoms with E-state index in [9.17, 15) is 0 Å². The third-order valence-corrected chi connectivity index (χ3v) is 2.61. The van der Waals surface area contributed by atoms with Crippen LogP contribution in [0.4, 0.5) is 0 Å². The predicted octanol–water partition coefficient (Wildman–Crippen LogP) is 1.70. The third kappa shape index (κ3) is 4.40. The number of nitrogens with two attached hydrogens (primary N) is 1. The van der Waals surface area contributed by atoms with Crippen LogP contribution >= 0.6 is 0 Å². The normalized spacial score (nSPS) is 33.2. The number of hydrogen-bond acceptors (Lipinski definition) is 3. The van der Waals surface area contributed by atoms with Crippen LogP contribution in [0.3, 0.4) is 0 Å². The van der Waals surface area contributed by atoms with Gasteiger partial charge in [0.15, 0.2) is 0 Å². The van der Waals surface area contributed by atoms with E-state index in [0.29, 0.717) is 18.3 Å². The van der Waals surface area contributed by atoms with Crippen LogP contribution in [0.25, 0.3) is 0 Å². The van der Waals surface area contributed by atoms with Crippen LogP contribution in [0.5, 0.6) is 0 Å². The van der Waals surface area contributed by atoms with Crippen molar-refractivity contribution in [1.82, 2.24) is 0 Å². The van der Waals surface area contributed by atoms with Gasteiger partial charge in [-0.15, -0.1) is 0 Å². The molecule has 0 aromatic rings. The lowest BCUT2D eigenvalue weighted by molar-refractivity contribution is -0.102. The van der Waals surface area contributed by atoms with E-state index >= 15 is 0 Å². The maximum absolute atomic E-state index is 5.79. The smallest absolute Gasteiger partial charge is 0.0624 e. The van der Waals surface area contributed by atoms with Gasteiger partial charge in [-0.2, -0.15) is 0 Å². The zero-order chi connectivity index (χ0) is 10.4. The van der Waals surface area contributed by atoms with Gasteiger partial charge in [0, 0.05) is 6.61 Å². The molecule has 0 saturated carbocycles. The van der Waals surface area contributed by atoms with Crippen LogP contribution in [0.2, 0.25) is 0 Å². The summed E-state index contributed by atoms with van der Waals surface area (Å²) in [6.45, 7) is 5.85. The van der Waals surface area contributed by atoms with Crippen molar-refractivity contribution in [3.8, 4) is 0 Å². The second-order valence-electron chi connectivity index (χ2n) is 4.22. The van der Waals surface area contributed by atoms with Gasteiger partial charge in [0.2, 0.25) is 0 Å². The average Bonchev–Trinajstić information content (AvgIpc) is 2.11. The lowest BCUT2D eigenvalue weighted by atomic mass is 10.0. The Bertz CT molecular complexity index is 142. The highest BCUT2D eigenvalue weighted by atomic mass is 16.5. The summed E-state index contributed by atoms with van der Waals surface area (Å²) in [5.41, 5.74) is 5.42. The van der Waals surface area contributed by atoms with Crippen LogP contribution in [-0.4, -0.2) is 31.5 Å². The minimum atomic E-state index is 0.346. The van der Waals surface area contributed by atoms with Crippen LogP contribution < -0.4 is 5.73 Å². The highest BCUT2D eigenvalue weighted by Crippen LogP contribution is 2.21. The highest BCUT2D eigenvalue weighted by molar-refractivity contribution is 4.73. The highest BCUT2D eigenvalue weighted by Gasteiger charge is 2.24. The van der Waals surface area contributed by atoms with Crippen molar-refractivity contribution in [3.63, 3.8) is 0 Å². The second-order valence-corrected chi connectivity index (χ2v) is 4.22. The quantitative estimate of drug-likeness (QED) is 0.688. The fourth-order valence-corrected chi connectivity index (χ4v) is 1.98. The van der Waals surface area contributed by atoms with Gasteiger partial charge in [0.25, 0.3) is 0 Å². The molecule has 1 aliphatic rings. The van der Waals surface area contributed by atoms with Gasteiger partial charge in [0.05, 0.1) is 18.3 Å². The van der Waals surface area contributed by atoms with Crippen LogP contribution in [-0.2, 0) is 9.47 Å². The molecule has 0 spiro atoms. The standard InChI is InChI=1S/C11H23NO2/c1-9-7-11(8-10(2)14-9)13-6-4-3-5-12/h9-11H,3-8,12H2,1-2H3. The monoisotopic (exact) mass is 201 g/mol. The van der Waals surface area contributed by atoms with Gasteiger partial charge < -0.3 is 15.2 Å². The Morgan fingerprint density at radius 2 is 1.86 bits per heavy atom. The summed E-state index contributed by atoms with van der Waals surface area (Å²) >= 11 is 0. The fourth-order valence-electron chi connectivity index (χ4n) is 1.98. The SMILES string of the molecule is CC1CC(OCCCCN)CC(C)O1. The first-order chi connectivity index (χ1) is 6.72. The van der Waals surface area contributed by atoms with Crippen LogP contribution in [0.15, 0.2) is 0 Å². The van der Waals surface area contributed by atoms with E-state index in [1.54, 1.807) is 0 Å². The van der Waals surface area contributed by atoms with E-state index in [0.717, 1.165) is 38.8 Å². The van der Waals surface area contributed by atoms with Crippen LogP contribution in [0, 0.1) is 0 Å². The minimum absolute atomic E-state index is 0.346. The lowest BCUT2D eigenvalue weighted by Crippen LogP contribution is -2.34. The molecule has 84 valence electrons. The summed E-state index contributed by atoms with van der Waals surface area (Å²) in [5.74, 6) is 0. The van der Waals surface area contributed by atoms with Crippen molar-refractivity contribution >= 4 is 0 Å². The molecule has 2 atom stereocenters. The Labute approximate surface area is 86.9 Å². The van der Waals surface area contributed by atoms with E-state index in [-0.39, 0.29) is 0 Å². The van der Waals surface area contributed by atoms with Gasteiger partial charge in [-0.05, 0) is 46.1 Å². The van der Waals surface area contributed by atoms with Gasteiger partial charge in [-0.3, -0.25) is 0 Å². The topological polar surface area (TPSA) is 44.5 Å². The van der Waals surface area contributed by atoms with Crippen LogP contribution in [0.1, 0.15) is 39.5 Å². The molecule has 1 rings (SSSR count). The minimum Gasteiger partial charge on any atom is -0.378 e. The van der Waals surface area contributed by atoms with Crippen molar-refractivity contribution in [2.45, 2.75) is 57.8 Å². The second kappa shape index (κ2) is 6.38. The molecule has 3 nitrogen and oxygen atoms in total. The molecule has 3 heteroatoms. The van der Waals surface area contributed by atoms with E-state index < -0.39 is 0 Å². The molecular weight excluding hydrogens is 178 g/mol. The van der Waals surface area contributed by atoms with E-state index in [2.05, 4.69) is 13.8 Å². The third-order valence-electron chi connectivity index (χ3n) is 2.61. The predicted molar refractivity (Wildman–Crippen MR) is 57.3 cm³/mol. The molecule has 1 aliphatic heterocycles. The Kier molecular flexibility index (Phi) is 5.45. The summed E-state index contributed by atoms with van der Waals surface area (Å²) in [7, 11) is 0. The maximum Gasteiger partial charge on any atom is 0.0624 e. The Morgan fingerprint density at radius 3 is 2.43 bits per heavy atom. The van der Waals surface area contributed by atoms with E-state index in [1.165, 1.54) is 0 Å². The molecule has 0 aromatic heterocycles. The van der Waals surface area contributed by atoms with Crippen molar-refractivity contribution < 1.29 is 9.47 Å².